The van der Waals surface area contributed by atoms with Crippen LogP contribution in [0.3, 0.4) is 0 Å². The van der Waals surface area contributed by atoms with Crippen molar-refractivity contribution in [1.82, 2.24) is 19.2 Å². The first kappa shape index (κ1) is 22.1. The van der Waals surface area contributed by atoms with Gasteiger partial charge in [-0.3, -0.25) is 4.79 Å². The van der Waals surface area contributed by atoms with E-state index in [9.17, 15) is 17.6 Å². The Morgan fingerprint density at radius 3 is 2.53 bits per heavy atom. The summed E-state index contributed by atoms with van der Waals surface area (Å²) in [5.74, 6) is -1.47. The Labute approximate surface area is 185 Å². The van der Waals surface area contributed by atoms with Crippen LogP contribution in [0.4, 0.5) is 4.39 Å². The van der Waals surface area contributed by atoms with Crippen molar-refractivity contribution in [2.45, 2.75) is 17.9 Å². The normalized spacial score (nSPS) is 15.9. The number of hydrogen-bond donors (Lipinski definition) is 1. The van der Waals surface area contributed by atoms with Gasteiger partial charge in [-0.15, -0.1) is 0 Å². The molecule has 32 heavy (non-hydrogen) atoms. The highest BCUT2D eigenvalue weighted by Crippen LogP contribution is 2.22. The van der Waals surface area contributed by atoms with Gasteiger partial charge < -0.3 is 14.6 Å². The second-order valence-electron chi connectivity index (χ2n) is 7.41. The molecule has 1 fully saturated rings. The van der Waals surface area contributed by atoms with E-state index in [2.05, 4.69) is 10.3 Å². The van der Waals surface area contributed by atoms with E-state index in [4.69, 9.17) is 4.74 Å². The number of amides is 1. The Morgan fingerprint density at radius 1 is 1.16 bits per heavy atom. The second-order valence-corrected chi connectivity index (χ2v) is 9.35. The molecule has 1 aliphatic rings. The number of carbonyl (C=O) groups excluding carboxylic acids is 1. The molecule has 1 saturated heterocycles. The smallest absolute Gasteiger partial charge is 0.254 e. The van der Waals surface area contributed by atoms with Crippen molar-refractivity contribution in [2.75, 3.05) is 26.3 Å². The van der Waals surface area contributed by atoms with Gasteiger partial charge in [0.1, 0.15) is 5.82 Å². The number of nitrogens with zero attached hydrogens (tertiary/aromatic N) is 3. The summed E-state index contributed by atoms with van der Waals surface area (Å²) < 4.78 is 48.4. The van der Waals surface area contributed by atoms with Gasteiger partial charge in [-0.25, -0.2) is 17.8 Å². The standard InChI is InChI=1S/C22H23FN4O4S/c1-16(17-2-4-18(5-3-17)26-9-8-24-15-26)25-22(28)20-14-19(6-7-21(20)23)32(29,30)27-10-12-31-13-11-27/h2-9,14-16H,10-13H2,1H3,(H,25,28). The summed E-state index contributed by atoms with van der Waals surface area (Å²) >= 11 is 0. The first-order valence-electron chi connectivity index (χ1n) is 10.1. The zero-order chi connectivity index (χ0) is 22.7. The molecular formula is C22H23FN4O4S. The topological polar surface area (TPSA) is 93.5 Å². The lowest BCUT2D eigenvalue weighted by molar-refractivity contribution is 0.0730. The van der Waals surface area contributed by atoms with Crippen molar-refractivity contribution >= 4 is 15.9 Å². The molecule has 168 valence electrons. The van der Waals surface area contributed by atoms with Crippen LogP contribution < -0.4 is 5.32 Å². The Balaban J connectivity index is 1.51. The minimum Gasteiger partial charge on any atom is -0.379 e. The Morgan fingerprint density at radius 2 is 1.88 bits per heavy atom. The van der Waals surface area contributed by atoms with Gasteiger partial charge in [0.15, 0.2) is 0 Å². The summed E-state index contributed by atoms with van der Waals surface area (Å²) in [7, 11) is -3.84. The monoisotopic (exact) mass is 458 g/mol. The van der Waals surface area contributed by atoms with Crippen molar-refractivity contribution in [3.8, 4) is 5.69 Å². The maximum absolute atomic E-state index is 14.4. The lowest BCUT2D eigenvalue weighted by Crippen LogP contribution is -2.40. The fourth-order valence-corrected chi connectivity index (χ4v) is 4.91. The molecule has 1 aliphatic heterocycles. The molecule has 8 nitrogen and oxygen atoms in total. The highest BCUT2D eigenvalue weighted by molar-refractivity contribution is 7.89. The Hall–Kier alpha value is -3.08. The predicted molar refractivity (Wildman–Crippen MR) is 115 cm³/mol. The molecule has 2 heterocycles. The molecule has 4 rings (SSSR count). The average Bonchev–Trinajstić information content (AvgIpc) is 3.35. The molecule has 0 bridgehead atoms. The van der Waals surface area contributed by atoms with Gasteiger partial charge in [0.2, 0.25) is 10.0 Å². The first-order chi connectivity index (χ1) is 15.4. The third-order valence-electron chi connectivity index (χ3n) is 5.33. The van der Waals surface area contributed by atoms with Crippen LogP contribution in [-0.4, -0.2) is 54.5 Å². The van der Waals surface area contributed by atoms with Crippen LogP contribution in [0.15, 0.2) is 66.1 Å². The summed E-state index contributed by atoms with van der Waals surface area (Å²) in [4.78, 5) is 16.7. The zero-order valence-corrected chi connectivity index (χ0v) is 18.3. The number of hydrogen-bond acceptors (Lipinski definition) is 5. The number of benzene rings is 2. The maximum Gasteiger partial charge on any atom is 0.254 e. The van der Waals surface area contributed by atoms with Gasteiger partial charge in [0, 0.05) is 31.2 Å². The van der Waals surface area contributed by atoms with Gasteiger partial charge in [0.25, 0.3) is 5.91 Å². The van der Waals surface area contributed by atoms with Crippen molar-refractivity contribution in [2.24, 2.45) is 0 Å². The third-order valence-corrected chi connectivity index (χ3v) is 7.23. The summed E-state index contributed by atoms with van der Waals surface area (Å²) in [6, 6.07) is 10.3. The fraction of sp³-hybridized carbons (Fsp3) is 0.273. The quantitative estimate of drug-likeness (QED) is 0.613. The highest BCUT2D eigenvalue weighted by atomic mass is 32.2. The lowest BCUT2D eigenvalue weighted by atomic mass is 10.1. The number of ether oxygens (including phenoxy) is 1. The van der Waals surface area contributed by atoms with Crippen LogP contribution in [0.25, 0.3) is 5.69 Å². The van der Waals surface area contributed by atoms with E-state index < -0.39 is 27.8 Å². The summed E-state index contributed by atoms with van der Waals surface area (Å²) in [6.45, 7) is 2.80. The van der Waals surface area contributed by atoms with E-state index in [-0.39, 0.29) is 23.5 Å². The largest absolute Gasteiger partial charge is 0.379 e. The molecule has 0 radical (unpaired) electrons. The molecule has 3 aromatic rings. The molecule has 0 aliphatic carbocycles. The molecule has 2 aromatic carbocycles. The summed E-state index contributed by atoms with van der Waals surface area (Å²) in [5, 5.41) is 2.74. The van der Waals surface area contributed by atoms with Crippen LogP contribution in [-0.2, 0) is 14.8 Å². The number of carbonyl (C=O) groups is 1. The number of nitrogens with one attached hydrogen (secondary N) is 1. The first-order valence-corrected chi connectivity index (χ1v) is 11.6. The molecular weight excluding hydrogens is 435 g/mol. The molecule has 1 unspecified atom stereocenters. The number of rotatable bonds is 6. The van der Waals surface area contributed by atoms with Crippen molar-refractivity contribution < 1.29 is 22.3 Å². The zero-order valence-electron chi connectivity index (χ0n) is 17.4. The van der Waals surface area contributed by atoms with Gasteiger partial charge in [-0.2, -0.15) is 4.31 Å². The van der Waals surface area contributed by atoms with Gasteiger partial charge >= 0.3 is 0 Å². The van der Waals surface area contributed by atoms with Crippen LogP contribution in [0, 0.1) is 5.82 Å². The molecule has 0 saturated carbocycles. The molecule has 1 aromatic heterocycles. The van der Waals surface area contributed by atoms with E-state index in [0.717, 1.165) is 23.4 Å². The van der Waals surface area contributed by atoms with E-state index >= 15 is 0 Å². The average molecular weight is 459 g/mol. The van der Waals surface area contributed by atoms with Gasteiger partial charge in [-0.05, 0) is 42.8 Å². The summed E-state index contributed by atoms with van der Waals surface area (Å²) in [5.41, 5.74) is 1.41. The van der Waals surface area contributed by atoms with Gasteiger partial charge in [-0.1, -0.05) is 12.1 Å². The molecule has 0 spiro atoms. The molecule has 1 atom stereocenters. The van der Waals surface area contributed by atoms with Crippen LogP contribution in [0.2, 0.25) is 0 Å². The molecule has 10 heteroatoms. The number of morpholine rings is 1. The lowest BCUT2D eigenvalue weighted by Gasteiger charge is -2.26. The number of imidazole rings is 1. The summed E-state index contributed by atoms with van der Waals surface area (Å²) in [6.07, 6.45) is 5.18. The van der Waals surface area contributed by atoms with E-state index in [0.29, 0.717) is 13.2 Å². The Kier molecular flexibility index (Phi) is 6.35. The molecule has 1 amide bonds. The predicted octanol–water partition coefficient (Wildman–Crippen LogP) is 2.52. The molecule has 1 N–H and O–H groups in total. The van der Waals surface area contributed by atoms with Crippen LogP contribution >= 0.6 is 0 Å². The fourth-order valence-electron chi connectivity index (χ4n) is 3.48. The number of halogens is 1. The second kappa shape index (κ2) is 9.19. The minimum absolute atomic E-state index is 0.122. The number of sulfonamides is 1. The number of aromatic nitrogens is 2. The van der Waals surface area contributed by atoms with E-state index in [1.54, 1.807) is 19.4 Å². The van der Waals surface area contributed by atoms with E-state index in [1.807, 2.05) is 35.0 Å². The third kappa shape index (κ3) is 4.57. The van der Waals surface area contributed by atoms with Crippen molar-refractivity contribution in [1.29, 1.82) is 0 Å². The SMILES string of the molecule is CC(NC(=O)c1cc(S(=O)(=O)N2CCOCC2)ccc1F)c1ccc(-n2ccnc2)cc1. The van der Waals surface area contributed by atoms with Crippen molar-refractivity contribution in [3.63, 3.8) is 0 Å². The van der Waals surface area contributed by atoms with Crippen LogP contribution in [0.5, 0.6) is 0 Å². The highest BCUT2D eigenvalue weighted by Gasteiger charge is 2.28. The Bertz CT molecular complexity index is 1190. The minimum atomic E-state index is -3.84. The van der Waals surface area contributed by atoms with Crippen molar-refractivity contribution in [3.05, 3.63) is 78.1 Å². The van der Waals surface area contributed by atoms with Gasteiger partial charge in [0.05, 0.1) is 36.0 Å². The van der Waals surface area contributed by atoms with Crippen LogP contribution in [0.1, 0.15) is 28.9 Å². The van der Waals surface area contributed by atoms with E-state index in [1.165, 1.54) is 10.4 Å². The maximum atomic E-state index is 14.4.